The first kappa shape index (κ1) is 14.0. The zero-order valence-electron chi connectivity index (χ0n) is 11.0. The minimum atomic E-state index is -0.826. The quantitative estimate of drug-likeness (QED) is 0.783. The van der Waals surface area contributed by atoms with Gasteiger partial charge in [-0.3, -0.25) is 14.5 Å². The van der Waals surface area contributed by atoms with Gasteiger partial charge in [-0.05, 0) is 19.9 Å². The lowest BCUT2D eigenvalue weighted by Gasteiger charge is -2.26. The topological polar surface area (TPSA) is 60.9 Å². The summed E-state index contributed by atoms with van der Waals surface area (Å²) in [7, 11) is 1.80. The van der Waals surface area contributed by atoms with Gasteiger partial charge in [0.15, 0.2) is 0 Å². The first-order valence-corrected chi connectivity index (χ1v) is 6.04. The molecule has 0 aliphatic carbocycles. The molecule has 0 radical (unpaired) electrons. The lowest BCUT2D eigenvalue weighted by molar-refractivity contribution is -0.142. The van der Waals surface area contributed by atoms with Gasteiger partial charge in [-0.2, -0.15) is 0 Å². The third kappa shape index (κ3) is 3.43. The molecule has 1 fully saturated rings. The summed E-state index contributed by atoms with van der Waals surface area (Å²) in [6.07, 6.45) is 0. The van der Waals surface area contributed by atoms with Crippen molar-refractivity contribution >= 4 is 11.9 Å². The standard InChI is InChI=1S/C12H22N2O3/c1-8(2)5-14-7-10(12(16)17)6-13(4)9(3)11(14)15/h8-10H,5-7H2,1-4H3,(H,16,17). The van der Waals surface area contributed by atoms with E-state index < -0.39 is 11.9 Å². The Hall–Kier alpha value is -1.10. The van der Waals surface area contributed by atoms with Gasteiger partial charge in [0.05, 0.1) is 12.0 Å². The molecule has 1 amide bonds. The monoisotopic (exact) mass is 242 g/mol. The molecule has 0 aromatic rings. The van der Waals surface area contributed by atoms with E-state index in [1.165, 1.54) is 0 Å². The highest BCUT2D eigenvalue weighted by Gasteiger charge is 2.34. The van der Waals surface area contributed by atoms with Crippen LogP contribution in [0.3, 0.4) is 0 Å². The average Bonchev–Trinajstić information content (AvgIpc) is 2.31. The summed E-state index contributed by atoms with van der Waals surface area (Å²) >= 11 is 0. The smallest absolute Gasteiger partial charge is 0.309 e. The summed E-state index contributed by atoms with van der Waals surface area (Å²) in [4.78, 5) is 26.8. The van der Waals surface area contributed by atoms with Crippen LogP contribution in [0.1, 0.15) is 20.8 Å². The third-order valence-electron chi connectivity index (χ3n) is 3.21. The summed E-state index contributed by atoms with van der Waals surface area (Å²) < 4.78 is 0. The van der Waals surface area contributed by atoms with Gasteiger partial charge in [-0.25, -0.2) is 0 Å². The number of aliphatic carboxylic acids is 1. The van der Waals surface area contributed by atoms with Crippen LogP contribution in [0, 0.1) is 11.8 Å². The summed E-state index contributed by atoms with van der Waals surface area (Å²) in [6.45, 7) is 7.27. The van der Waals surface area contributed by atoms with Gasteiger partial charge >= 0.3 is 5.97 Å². The SMILES string of the molecule is CC(C)CN1CC(C(=O)O)CN(C)C(C)C1=O. The lowest BCUT2D eigenvalue weighted by atomic mass is 10.1. The Labute approximate surface area is 102 Å². The molecule has 1 aliphatic rings. The summed E-state index contributed by atoms with van der Waals surface area (Å²) in [5.41, 5.74) is 0. The molecule has 0 bridgehead atoms. The van der Waals surface area contributed by atoms with Crippen LogP contribution >= 0.6 is 0 Å². The Morgan fingerprint density at radius 2 is 2.06 bits per heavy atom. The maximum atomic E-state index is 12.2. The molecule has 1 heterocycles. The van der Waals surface area contributed by atoms with E-state index in [1.807, 2.05) is 25.7 Å². The van der Waals surface area contributed by atoms with Gasteiger partial charge in [0.1, 0.15) is 0 Å². The van der Waals surface area contributed by atoms with E-state index in [4.69, 9.17) is 5.11 Å². The maximum Gasteiger partial charge on any atom is 0.309 e. The number of carbonyl (C=O) groups is 2. The Morgan fingerprint density at radius 1 is 1.47 bits per heavy atom. The van der Waals surface area contributed by atoms with Crippen LogP contribution in [0.4, 0.5) is 0 Å². The second kappa shape index (κ2) is 5.49. The Kier molecular flexibility index (Phi) is 4.51. The molecule has 1 rings (SSSR count). The molecule has 1 saturated heterocycles. The molecule has 1 N–H and O–H groups in total. The van der Waals surface area contributed by atoms with Gasteiger partial charge < -0.3 is 10.0 Å². The van der Waals surface area contributed by atoms with Crippen molar-refractivity contribution in [1.82, 2.24) is 9.80 Å². The highest BCUT2D eigenvalue weighted by Crippen LogP contribution is 2.15. The number of hydrogen-bond acceptors (Lipinski definition) is 3. The van der Waals surface area contributed by atoms with E-state index in [2.05, 4.69) is 0 Å². The van der Waals surface area contributed by atoms with Crippen molar-refractivity contribution in [2.24, 2.45) is 11.8 Å². The molecule has 0 aromatic heterocycles. The van der Waals surface area contributed by atoms with E-state index in [1.54, 1.807) is 11.9 Å². The van der Waals surface area contributed by atoms with Crippen LogP contribution in [-0.4, -0.2) is 59.5 Å². The van der Waals surface area contributed by atoms with E-state index in [9.17, 15) is 9.59 Å². The Balaban J connectivity index is 2.87. The van der Waals surface area contributed by atoms with Crippen molar-refractivity contribution in [2.75, 3.05) is 26.7 Å². The average molecular weight is 242 g/mol. The van der Waals surface area contributed by atoms with Crippen LogP contribution in [-0.2, 0) is 9.59 Å². The number of carboxylic acids is 1. The number of likely N-dealkylation sites (N-methyl/N-ethyl adjacent to an activating group) is 1. The van der Waals surface area contributed by atoms with E-state index >= 15 is 0 Å². The molecule has 2 atom stereocenters. The Morgan fingerprint density at radius 3 is 2.53 bits per heavy atom. The molecule has 98 valence electrons. The van der Waals surface area contributed by atoms with Crippen molar-refractivity contribution in [3.63, 3.8) is 0 Å². The largest absolute Gasteiger partial charge is 0.481 e. The van der Waals surface area contributed by atoms with Gasteiger partial charge in [-0.15, -0.1) is 0 Å². The molecular weight excluding hydrogens is 220 g/mol. The van der Waals surface area contributed by atoms with Crippen molar-refractivity contribution in [3.05, 3.63) is 0 Å². The van der Waals surface area contributed by atoms with Gasteiger partial charge in [-0.1, -0.05) is 13.8 Å². The molecule has 17 heavy (non-hydrogen) atoms. The first-order valence-electron chi connectivity index (χ1n) is 6.04. The molecule has 5 nitrogen and oxygen atoms in total. The molecular formula is C12H22N2O3. The fourth-order valence-electron chi connectivity index (χ4n) is 2.13. The van der Waals surface area contributed by atoms with Crippen LogP contribution in [0.2, 0.25) is 0 Å². The van der Waals surface area contributed by atoms with Crippen LogP contribution in [0.5, 0.6) is 0 Å². The normalized spacial score (nSPS) is 27.4. The lowest BCUT2D eigenvalue weighted by Crippen LogP contribution is -2.43. The first-order chi connectivity index (χ1) is 7.82. The van der Waals surface area contributed by atoms with Crippen molar-refractivity contribution < 1.29 is 14.7 Å². The number of nitrogens with zero attached hydrogens (tertiary/aromatic N) is 2. The number of rotatable bonds is 3. The summed E-state index contributed by atoms with van der Waals surface area (Å²) in [6, 6.07) is -0.238. The maximum absolute atomic E-state index is 12.2. The van der Waals surface area contributed by atoms with Gasteiger partial charge in [0, 0.05) is 19.6 Å². The zero-order chi connectivity index (χ0) is 13.2. The van der Waals surface area contributed by atoms with Gasteiger partial charge in [0.25, 0.3) is 0 Å². The number of carboxylic acid groups (broad SMARTS) is 1. The van der Waals surface area contributed by atoms with Crippen LogP contribution < -0.4 is 0 Å². The number of hydrogen-bond donors (Lipinski definition) is 1. The van der Waals surface area contributed by atoms with Crippen LogP contribution in [0.15, 0.2) is 0 Å². The minimum Gasteiger partial charge on any atom is -0.481 e. The molecule has 1 aliphatic heterocycles. The molecule has 0 aromatic carbocycles. The van der Waals surface area contributed by atoms with Crippen molar-refractivity contribution in [2.45, 2.75) is 26.8 Å². The fourth-order valence-corrected chi connectivity index (χ4v) is 2.13. The van der Waals surface area contributed by atoms with Crippen molar-refractivity contribution in [1.29, 1.82) is 0 Å². The van der Waals surface area contributed by atoms with E-state index in [-0.39, 0.29) is 11.9 Å². The third-order valence-corrected chi connectivity index (χ3v) is 3.21. The van der Waals surface area contributed by atoms with Crippen molar-refractivity contribution in [3.8, 4) is 0 Å². The second-order valence-corrected chi connectivity index (χ2v) is 5.29. The highest BCUT2D eigenvalue weighted by molar-refractivity contribution is 5.83. The zero-order valence-corrected chi connectivity index (χ0v) is 11.0. The number of carbonyl (C=O) groups excluding carboxylic acids is 1. The number of amides is 1. The molecule has 5 heteroatoms. The fraction of sp³-hybridized carbons (Fsp3) is 0.833. The Bertz CT molecular complexity index is 304. The van der Waals surface area contributed by atoms with E-state index in [0.29, 0.717) is 25.6 Å². The van der Waals surface area contributed by atoms with Crippen LogP contribution in [0.25, 0.3) is 0 Å². The predicted octanol–water partition coefficient (Wildman–Crippen LogP) is 0.506. The summed E-state index contributed by atoms with van der Waals surface area (Å²) in [5.74, 6) is -0.936. The summed E-state index contributed by atoms with van der Waals surface area (Å²) in [5, 5.41) is 9.14. The minimum absolute atomic E-state index is 0.0324. The second-order valence-electron chi connectivity index (χ2n) is 5.29. The molecule has 2 unspecified atom stereocenters. The predicted molar refractivity (Wildman–Crippen MR) is 64.6 cm³/mol. The molecule has 0 spiro atoms. The van der Waals surface area contributed by atoms with E-state index in [0.717, 1.165) is 0 Å². The highest BCUT2D eigenvalue weighted by atomic mass is 16.4. The molecule has 0 saturated carbocycles. The van der Waals surface area contributed by atoms with Gasteiger partial charge in [0.2, 0.25) is 5.91 Å².